The van der Waals surface area contributed by atoms with Gasteiger partial charge in [-0.15, -0.1) is 0 Å². The van der Waals surface area contributed by atoms with E-state index < -0.39 is 145 Å². The van der Waals surface area contributed by atoms with Gasteiger partial charge in [0.05, 0.1) is 25.1 Å². The van der Waals surface area contributed by atoms with Gasteiger partial charge in [-0.2, -0.15) is 0 Å². The molecule has 0 aromatic heterocycles. The first-order chi connectivity index (χ1) is 29.5. The molecule has 0 unspecified atom stereocenters. The number of carboxylic acids is 3. The van der Waals surface area contributed by atoms with Crippen molar-refractivity contribution in [1.29, 1.82) is 0 Å². The largest absolute Gasteiger partial charge is 0.481 e. The van der Waals surface area contributed by atoms with Crippen LogP contribution in [0.3, 0.4) is 0 Å². The maximum absolute atomic E-state index is 13.6. The molecule has 0 aliphatic carbocycles. The number of hydrogen-bond donors (Lipinski definition) is 13. The summed E-state index contributed by atoms with van der Waals surface area (Å²) in [6.45, 7) is 6.74. The Morgan fingerprint density at radius 3 is 1.60 bits per heavy atom. The van der Waals surface area contributed by atoms with Gasteiger partial charge in [0, 0.05) is 6.42 Å². The highest BCUT2D eigenvalue weighted by molar-refractivity contribution is 5.97. The minimum absolute atomic E-state index is 0.0643. The van der Waals surface area contributed by atoms with Crippen LogP contribution in [0, 0.1) is 11.8 Å². The molecule has 63 heavy (non-hydrogen) atoms. The van der Waals surface area contributed by atoms with Crippen molar-refractivity contribution in [3.05, 3.63) is 35.9 Å². The fourth-order valence-electron chi connectivity index (χ4n) is 5.92. The standard InChI is InChI=1S/C40H63N9O14/c1-20(2)31(38(60)45-26(40(62)63)13-9-10-16-41)48-36(58)25(14-15-29(52)53)44-37(59)32(21(3)4)49-39(61)33(22(5)50)47-28(51)19-43-35(57)27(18-30(54)55)46-34(56)24(42)17-23-11-7-6-8-12-23/h6-8,11-12,20-22,24-27,31-33,50H,9-10,13-19,41-42H2,1-5H3,(H,43,57)(H,44,59)(H,45,60)(H,46,56)(H,47,51)(H,48,58)(H,49,61)(H,52,53)(H,54,55)(H,62,63)/t22-,24+,25+,26+,27+,31+,32+,33+/m1/s1. The first-order valence-electron chi connectivity index (χ1n) is 20.4. The minimum Gasteiger partial charge on any atom is -0.481 e. The smallest absolute Gasteiger partial charge is 0.326 e. The van der Waals surface area contributed by atoms with E-state index in [1.165, 1.54) is 13.8 Å². The van der Waals surface area contributed by atoms with Crippen molar-refractivity contribution in [3.8, 4) is 0 Å². The SMILES string of the molecule is CC(C)[C@H](NC(=O)[C@H](CCC(=O)O)NC(=O)[C@@H](NC(=O)[C@@H](NC(=O)CNC(=O)[C@H](CC(=O)O)NC(=O)[C@@H](N)Cc1ccccc1)[C@@H](C)O)C(C)C)C(=O)N[C@@H](CCCCN)C(=O)O. The number of unbranched alkanes of at least 4 members (excludes halogenated alkanes) is 1. The Bertz CT molecular complexity index is 1740. The predicted molar refractivity (Wildman–Crippen MR) is 224 cm³/mol. The van der Waals surface area contributed by atoms with E-state index in [-0.39, 0.29) is 12.8 Å². The van der Waals surface area contributed by atoms with E-state index in [0.717, 1.165) is 6.92 Å². The molecule has 0 saturated heterocycles. The summed E-state index contributed by atoms with van der Waals surface area (Å²) in [6.07, 6.45) is -2.50. The van der Waals surface area contributed by atoms with Gasteiger partial charge in [0.2, 0.25) is 41.4 Å². The number of amides is 7. The lowest BCUT2D eigenvalue weighted by Crippen LogP contribution is -2.61. The number of nitrogens with one attached hydrogen (secondary N) is 7. The molecule has 0 heterocycles. The van der Waals surface area contributed by atoms with Gasteiger partial charge >= 0.3 is 17.9 Å². The van der Waals surface area contributed by atoms with Crippen LogP contribution in [0.2, 0.25) is 0 Å². The number of aliphatic hydroxyl groups is 1. The van der Waals surface area contributed by atoms with Crippen molar-refractivity contribution in [2.24, 2.45) is 23.3 Å². The van der Waals surface area contributed by atoms with Gasteiger partial charge in [0.15, 0.2) is 0 Å². The normalized spacial score (nSPS) is 14.9. The van der Waals surface area contributed by atoms with Gasteiger partial charge in [0.1, 0.15) is 36.3 Å². The predicted octanol–water partition coefficient (Wildman–Crippen LogP) is -3.17. The maximum Gasteiger partial charge on any atom is 0.326 e. The number of aliphatic carboxylic acids is 3. The second kappa shape index (κ2) is 27.7. The van der Waals surface area contributed by atoms with Gasteiger partial charge in [-0.1, -0.05) is 58.0 Å². The van der Waals surface area contributed by atoms with E-state index in [9.17, 15) is 68.4 Å². The first kappa shape index (κ1) is 54.8. The summed E-state index contributed by atoms with van der Waals surface area (Å²) in [7, 11) is 0. The lowest BCUT2D eigenvalue weighted by molar-refractivity contribution is -0.143. The fraction of sp³-hybridized carbons (Fsp3) is 0.600. The zero-order valence-corrected chi connectivity index (χ0v) is 36.1. The highest BCUT2D eigenvalue weighted by atomic mass is 16.4. The van der Waals surface area contributed by atoms with Gasteiger partial charge < -0.3 is 69.1 Å². The maximum atomic E-state index is 13.6. The first-order valence-corrected chi connectivity index (χ1v) is 20.4. The highest BCUT2D eigenvalue weighted by Crippen LogP contribution is 2.10. The monoisotopic (exact) mass is 893 g/mol. The summed E-state index contributed by atoms with van der Waals surface area (Å²) >= 11 is 0. The van der Waals surface area contributed by atoms with E-state index in [2.05, 4.69) is 37.2 Å². The van der Waals surface area contributed by atoms with Crippen molar-refractivity contribution in [2.75, 3.05) is 13.1 Å². The molecule has 0 aliphatic heterocycles. The number of nitrogens with two attached hydrogens (primary N) is 2. The van der Waals surface area contributed by atoms with E-state index in [0.29, 0.717) is 24.9 Å². The van der Waals surface area contributed by atoms with Crippen molar-refractivity contribution < 1.29 is 68.4 Å². The molecule has 23 nitrogen and oxygen atoms in total. The van der Waals surface area contributed by atoms with Crippen LogP contribution in [-0.2, 0) is 54.4 Å². The van der Waals surface area contributed by atoms with Crippen LogP contribution in [0.1, 0.15) is 78.7 Å². The number of hydrogen-bond acceptors (Lipinski definition) is 13. The minimum atomic E-state index is -1.74. The summed E-state index contributed by atoms with van der Waals surface area (Å²) < 4.78 is 0. The van der Waals surface area contributed by atoms with Gasteiger partial charge in [-0.3, -0.25) is 43.2 Å². The van der Waals surface area contributed by atoms with Gasteiger partial charge in [-0.05, 0) is 63.0 Å². The van der Waals surface area contributed by atoms with Crippen LogP contribution in [-0.4, -0.2) is 141 Å². The van der Waals surface area contributed by atoms with E-state index in [1.54, 1.807) is 44.2 Å². The average Bonchev–Trinajstić information content (AvgIpc) is 3.20. The molecule has 15 N–H and O–H groups in total. The Balaban J connectivity index is 3.09. The van der Waals surface area contributed by atoms with Gasteiger partial charge in [-0.25, -0.2) is 4.79 Å². The second-order valence-corrected chi connectivity index (χ2v) is 15.6. The zero-order valence-electron chi connectivity index (χ0n) is 36.1. The Morgan fingerprint density at radius 2 is 1.11 bits per heavy atom. The van der Waals surface area contributed by atoms with Crippen molar-refractivity contribution >= 4 is 59.3 Å². The third-order valence-corrected chi connectivity index (χ3v) is 9.49. The molecular weight excluding hydrogens is 830 g/mol. The molecule has 0 fully saturated rings. The highest BCUT2D eigenvalue weighted by Gasteiger charge is 2.36. The van der Waals surface area contributed by atoms with E-state index in [4.69, 9.17) is 11.5 Å². The lowest BCUT2D eigenvalue weighted by Gasteiger charge is -2.29. The van der Waals surface area contributed by atoms with Crippen LogP contribution in [0.25, 0.3) is 0 Å². The van der Waals surface area contributed by atoms with Crippen molar-refractivity contribution in [3.63, 3.8) is 0 Å². The molecule has 1 rings (SSSR count). The molecule has 7 amide bonds. The Kier molecular flexibility index (Phi) is 24.1. The number of rotatable bonds is 29. The Hall–Kier alpha value is -6.20. The third-order valence-electron chi connectivity index (χ3n) is 9.49. The fourth-order valence-corrected chi connectivity index (χ4v) is 5.92. The summed E-state index contributed by atoms with van der Waals surface area (Å²) in [6, 6.07) is -1.53. The third kappa shape index (κ3) is 20.5. The van der Waals surface area contributed by atoms with E-state index >= 15 is 0 Å². The molecule has 0 aliphatic rings. The summed E-state index contributed by atoms with van der Waals surface area (Å²) in [5.41, 5.74) is 12.1. The number of benzene rings is 1. The molecule has 23 heteroatoms. The van der Waals surface area contributed by atoms with Crippen LogP contribution in [0.4, 0.5) is 0 Å². The van der Waals surface area contributed by atoms with Crippen molar-refractivity contribution in [2.45, 2.75) is 128 Å². The number of aliphatic hydroxyl groups excluding tert-OH is 1. The molecule has 1 aromatic carbocycles. The Morgan fingerprint density at radius 1 is 0.587 bits per heavy atom. The quantitative estimate of drug-likeness (QED) is 0.0353. The molecule has 1 aromatic rings. The number of carboxylic acid groups (broad SMARTS) is 3. The summed E-state index contributed by atoms with van der Waals surface area (Å²) in [5, 5.41) is 55.0. The summed E-state index contributed by atoms with van der Waals surface area (Å²) in [4.78, 5) is 127. The molecule has 0 radical (unpaired) electrons. The second-order valence-electron chi connectivity index (χ2n) is 15.6. The zero-order chi connectivity index (χ0) is 48.0. The number of carbonyl (C=O) groups excluding carboxylic acids is 7. The topological polar surface area (TPSA) is 388 Å². The lowest BCUT2D eigenvalue weighted by atomic mass is 9.99. The molecule has 0 bridgehead atoms. The molecule has 8 atom stereocenters. The van der Waals surface area contributed by atoms with Crippen LogP contribution in [0.15, 0.2) is 30.3 Å². The molecular formula is C40H63N9O14. The van der Waals surface area contributed by atoms with E-state index in [1.807, 2.05) is 0 Å². The average molecular weight is 894 g/mol. The molecule has 0 spiro atoms. The van der Waals surface area contributed by atoms with Crippen LogP contribution in [0.5, 0.6) is 0 Å². The van der Waals surface area contributed by atoms with Crippen molar-refractivity contribution in [1.82, 2.24) is 37.2 Å². The Labute approximate surface area is 364 Å². The van der Waals surface area contributed by atoms with Crippen LogP contribution >= 0.6 is 0 Å². The molecule has 352 valence electrons. The summed E-state index contributed by atoms with van der Waals surface area (Å²) in [5.74, 6) is -12.3. The van der Waals surface area contributed by atoms with Gasteiger partial charge in [0.25, 0.3) is 0 Å². The molecule has 0 saturated carbocycles. The van der Waals surface area contributed by atoms with Crippen LogP contribution < -0.4 is 48.7 Å². The number of carbonyl (C=O) groups is 10.